The Kier molecular flexibility index (Phi) is 6.30. The molecule has 1 amide bonds. The highest BCUT2D eigenvalue weighted by Gasteiger charge is 2.19. The van der Waals surface area contributed by atoms with Crippen LogP contribution >= 0.6 is 0 Å². The molecule has 1 N–H and O–H groups in total. The first-order chi connectivity index (χ1) is 13.4. The van der Waals surface area contributed by atoms with Gasteiger partial charge in [-0.1, -0.05) is 18.2 Å². The van der Waals surface area contributed by atoms with Gasteiger partial charge in [-0.3, -0.25) is 9.69 Å². The molecule has 0 aromatic heterocycles. The van der Waals surface area contributed by atoms with Crippen LogP contribution in [-0.2, 0) is 17.9 Å². The first-order valence-electron chi connectivity index (χ1n) is 8.82. The number of carbonyl (C=O) groups excluding carboxylic acids is 1. The lowest BCUT2D eigenvalue weighted by Gasteiger charge is -2.24. The Balaban J connectivity index is 1.49. The summed E-state index contributed by atoms with van der Waals surface area (Å²) in [7, 11) is 1.83. The van der Waals surface area contributed by atoms with Crippen LogP contribution in [0, 0.1) is 0 Å². The number of carbonyl (C=O) groups is 1. The van der Waals surface area contributed by atoms with Gasteiger partial charge >= 0.3 is 6.61 Å². The molecule has 28 heavy (non-hydrogen) atoms. The quantitative estimate of drug-likeness (QED) is 0.748. The van der Waals surface area contributed by atoms with Gasteiger partial charge in [0.25, 0.3) is 0 Å². The molecule has 1 aliphatic heterocycles. The summed E-state index contributed by atoms with van der Waals surface area (Å²) in [4.78, 5) is 14.3. The molecule has 2 aromatic carbocycles. The fourth-order valence-corrected chi connectivity index (χ4v) is 2.79. The molecule has 0 aliphatic carbocycles. The zero-order valence-corrected chi connectivity index (χ0v) is 15.7. The van der Waals surface area contributed by atoms with Gasteiger partial charge in [0.2, 0.25) is 12.7 Å². The molecule has 0 bridgehead atoms. The highest BCUT2D eigenvalue weighted by molar-refractivity contribution is 5.81. The molecule has 6 nitrogen and oxygen atoms in total. The minimum absolute atomic E-state index is 0.107. The van der Waals surface area contributed by atoms with Gasteiger partial charge in [-0.05, 0) is 49.4 Å². The van der Waals surface area contributed by atoms with Gasteiger partial charge in [0, 0.05) is 13.1 Å². The number of amides is 1. The predicted octanol–water partition coefficient (Wildman–Crippen LogP) is 3.15. The summed E-state index contributed by atoms with van der Waals surface area (Å²) < 4.78 is 39.3. The van der Waals surface area contributed by atoms with Crippen molar-refractivity contribution >= 4 is 5.91 Å². The van der Waals surface area contributed by atoms with E-state index in [1.807, 2.05) is 37.1 Å². The molecule has 0 radical (unpaired) electrons. The molecule has 1 heterocycles. The number of hydrogen-bond donors (Lipinski definition) is 1. The third kappa shape index (κ3) is 5.10. The van der Waals surface area contributed by atoms with Crippen molar-refractivity contribution in [3.05, 3.63) is 53.6 Å². The average molecular weight is 392 g/mol. The number of likely N-dealkylation sites (N-methyl/N-ethyl adjacent to an activating group) is 1. The maximum Gasteiger partial charge on any atom is 0.387 e. The van der Waals surface area contributed by atoms with E-state index in [9.17, 15) is 13.6 Å². The van der Waals surface area contributed by atoms with Crippen molar-refractivity contribution in [1.29, 1.82) is 0 Å². The summed E-state index contributed by atoms with van der Waals surface area (Å²) in [5.41, 5.74) is 1.81. The summed E-state index contributed by atoms with van der Waals surface area (Å²) in [5.74, 6) is 1.37. The van der Waals surface area contributed by atoms with Gasteiger partial charge in [-0.25, -0.2) is 0 Å². The SMILES string of the molecule is CC(C(=O)NCc1ccc2c(c1)OCO2)N(C)Cc1ccc(OC(F)F)cc1. The summed E-state index contributed by atoms with van der Waals surface area (Å²) in [6.07, 6.45) is 0. The van der Waals surface area contributed by atoms with Gasteiger partial charge < -0.3 is 19.5 Å². The summed E-state index contributed by atoms with van der Waals surface area (Å²) in [5, 5.41) is 2.91. The number of nitrogens with one attached hydrogen (secondary N) is 1. The predicted molar refractivity (Wildman–Crippen MR) is 98.4 cm³/mol. The lowest BCUT2D eigenvalue weighted by molar-refractivity contribution is -0.125. The van der Waals surface area contributed by atoms with E-state index in [4.69, 9.17) is 9.47 Å². The van der Waals surface area contributed by atoms with Gasteiger partial charge in [-0.2, -0.15) is 8.78 Å². The van der Waals surface area contributed by atoms with E-state index in [0.717, 1.165) is 11.1 Å². The fourth-order valence-electron chi connectivity index (χ4n) is 2.79. The lowest BCUT2D eigenvalue weighted by atomic mass is 10.1. The monoisotopic (exact) mass is 392 g/mol. The molecule has 0 saturated carbocycles. The number of ether oxygens (including phenoxy) is 3. The summed E-state index contributed by atoms with van der Waals surface area (Å²) in [6.45, 7) is 0.0498. The molecular weight excluding hydrogens is 370 g/mol. The molecule has 1 aliphatic rings. The fraction of sp³-hybridized carbons (Fsp3) is 0.350. The summed E-state index contributed by atoms with van der Waals surface area (Å²) in [6, 6.07) is 11.5. The zero-order valence-electron chi connectivity index (χ0n) is 15.7. The molecule has 1 unspecified atom stereocenters. The van der Waals surface area contributed by atoms with Crippen LogP contribution in [0.1, 0.15) is 18.1 Å². The number of nitrogens with zero attached hydrogens (tertiary/aromatic N) is 1. The Labute approximate surface area is 162 Å². The van der Waals surface area contributed by atoms with E-state index in [1.165, 1.54) is 12.1 Å². The number of fused-ring (bicyclic) bond motifs is 1. The van der Waals surface area contributed by atoms with Crippen LogP contribution < -0.4 is 19.5 Å². The van der Waals surface area contributed by atoms with Crippen LogP contribution in [0.5, 0.6) is 17.2 Å². The van der Waals surface area contributed by atoms with Crippen molar-refractivity contribution in [2.75, 3.05) is 13.8 Å². The van der Waals surface area contributed by atoms with E-state index >= 15 is 0 Å². The first kappa shape index (κ1) is 19.9. The lowest BCUT2D eigenvalue weighted by Crippen LogP contribution is -2.42. The van der Waals surface area contributed by atoms with E-state index in [0.29, 0.717) is 24.6 Å². The first-order valence-corrected chi connectivity index (χ1v) is 8.82. The van der Waals surface area contributed by atoms with Crippen LogP contribution in [0.15, 0.2) is 42.5 Å². The number of halogens is 2. The Morgan fingerprint density at radius 1 is 1.14 bits per heavy atom. The van der Waals surface area contributed by atoms with Crippen LogP contribution in [0.4, 0.5) is 8.78 Å². The van der Waals surface area contributed by atoms with E-state index in [1.54, 1.807) is 12.1 Å². The van der Waals surface area contributed by atoms with Gasteiger partial charge in [0.1, 0.15) is 5.75 Å². The Hall–Kier alpha value is -2.87. The van der Waals surface area contributed by atoms with Gasteiger partial charge in [0.05, 0.1) is 6.04 Å². The smallest absolute Gasteiger partial charge is 0.387 e. The Morgan fingerprint density at radius 2 is 1.82 bits per heavy atom. The zero-order chi connectivity index (χ0) is 20.1. The molecule has 2 aromatic rings. The Bertz CT molecular complexity index is 814. The Morgan fingerprint density at radius 3 is 2.54 bits per heavy atom. The van der Waals surface area contributed by atoms with Gasteiger partial charge in [-0.15, -0.1) is 0 Å². The van der Waals surface area contributed by atoms with Crippen LogP contribution in [0.3, 0.4) is 0 Å². The van der Waals surface area contributed by atoms with Crippen molar-refractivity contribution < 1.29 is 27.8 Å². The third-order valence-electron chi connectivity index (χ3n) is 4.52. The number of benzene rings is 2. The molecule has 0 fully saturated rings. The van der Waals surface area contributed by atoms with Crippen molar-refractivity contribution in [2.45, 2.75) is 32.7 Å². The van der Waals surface area contributed by atoms with Crippen molar-refractivity contribution in [1.82, 2.24) is 10.2 Å². The van der Waals surface area contributed by atoms with Crippen molar-refractivity contribution in [3.8, 4) is 17.2 Å². The highest BCUT2D eigenvalue weighted by atomic mass is 19.3. The number of hydrogen-bond acceptors (Lipinski definition) is 5. The number of rotatable bonds is 8. The topological polar surface area (TPSA) is 60.0 Å². The second kappa shape index (κ2) is 8.88. The van der Waals surface area contributed by atoms with E-state index in [-0.39, 0.29) is 24.5 Å². The summed E-state index contributed by atoms with van der Waals surface area (Å²) >= 11 is 0. The van der Waals surface area contributed by atoms with E-state index < -0.39 is 6.61 Å². The molecule has 8 heteroatoms. The maximum atomic E-state index is 12.4. The largest absolute Gasteiger partial charge is 0.454 e. The molecule has 3 rings (SSSR count). The minimum Gasteiger partial charge on any atom is -0.454 e. The molecule has 0 saturated heterocycles. The van der Waals surface area contributed by atoms with Crippen LogP contribution in [0.25, 0.3) is 0 Å². The third-order valence-corrected chi connectivity index (χ3v) is 4.52. The average Bonchev–Trinajstić information content (AvgIpc) is 3.14. The van der Waals surface area contributed by atoms with Gasteiger partial charge in [0.15, 0.2) is 11.5 Å². The minimum atomic E-state index is -2.85. The maximum absolute atomic E-state index is 12.4. The standard InChI is InChI=1S/C20H22F2N2O4/c1-13(24(2)11-14-3-6-16(7-4-14)28-20(21)22)19(25)23-10-15-5-8-17-18(9-15)27-12-26-17/h3-9,13,20H,10-12H2,1-2H3,(H,23,25). The van der Waals surface area contributed by atoms with Crippen molar-refractivity contribution in [2.24, 2.45) is 0 Å². The molecule has 0 spiro atoms. The highest BCUT2D eigenvalue weighted by Crippen LogP contribution is 2.32. The van der Waals surface area contributed by atoms with Crippen LogP contribution in [0.2, 0.25) is 0 Å². The normalized spacial score (nSPS) is 13.6. The molecule has 1 atom stereocenters. The van der Waals surface area contributed by atoms with E-state index in [2.05, 4.69) is 10.1 Å². The number of alkyl halides is 2. The molecular formula is C20H22F2N2O4. The molecule has 150 valence electrons. The second-order valence-electron chi connectivity index (χ2n) is 6.52. The van der Waals surface area contributed by atoms with Crippen molar-refractivity contribution in [3.63, 3.8) is 0 Å². The second-order valence-corrected chi connectivity index (χ2v) is 6.52. The van der Waals surface area contributed by atoms with Crippen LogP contribution in [-0.4, -0.2) is 37.3 Å².